The number of hydrogen-bond donors (Lipinski definition) is 7. The molecule has 0 rings (SSSR count). The lowest BCUT2D eigenvalue weighted by molar-refractivity contribution is -0.144. The molecule has 0 aromatic heterocycles. The Morgan fingerprint density at radius 1 is 1.00 bits per heavy atom. The van der Waals surface area contributed by atoms with Gasteiger partial charge in [-0.1, -0.05) is 20.3 Å². The summed E-state index contributed by atoms with van der Waals surface area (Å²) in [6.45, 7) is 2.58. The van der Waals surface area contributed by atoms with E-state index in [0.717, 1.165) is 0 Å². The van der Waals surface area contributed by atoms with Crippen molar-refractivity contribution in [3.8, 4) is 0 Å². The van der Waals surface area contributed by atoms with Gasteiger partial charge in [-0.05, 0) is 24.3 Å². The summed E-state index contributed by atoms with van der Waals surface area (Å²) in [4.78, 5) is 59.9. The van der Waals surface area contributed by atoms with Gasteiger partial charge in [0.2, 0.25) is 23.6 Å². The molecule has 9 N–H and O–H groups in total. The van der Waals surface area contributed by atoms with Gasteiger partial charge in [0, 0.05) is 0 Å². The van der Waals surface area contributed by atoms with Gasteiger partial charge in [0.05, 0.1) is 19.1 Å². The molecule has 0 radical (unpaired) electrons. The van der Waals surface area contributed by atoms with Crippen LogP contribution in [-0.4, -0.2) is 82.6 Å². The molecule has 0 bridgehead atoms. The Bertz CT molecular complexity index is 649. The van der Waals surface area contributed by atoms with Crippen molar-refractivity contribution >= 4 is 41.4 Å². The van der Waals surface area contributed by atoms with E-state index in [2.05, 4.69) is 16.0 Å². The summed E-state index contributed by atoms with van der Waals surface area (Å²) in [5, 5.41) is 25.6. The molecule has 0 aromatic rings. The van der Waals surface area contributed by atoms with Crippen LogP contribution in [0.1, 0.15) is 33.1 Å². The van der Waals surface area contributed by atoms with Crippen LogP contribution in [0.2, 0.25) is 0 Å². The van der Waals surface area contributed by atoms with Crippen LogP contribution in [0, 0.1) is 5.92 Å². The minimum absolute atomic E-state index is 0.353. The maximum atomic E-state index is 12.5. The van der Waals surface area contributed by atoms with E-state index in [9.17, 15) is 34.2 Å². The molecule has 4 amide bonds. The third-order valence-electron chi connectivity index (χ3n) is 4.60. The molecule has 0 heterocycles. The lowest BCUT2D eigenvalue weighted by Gasteiger charge is -2.25. The van der Waals surface area contributed by atoms with Crippen LogP contribution in [-0.2, 0) is 24.0 Å². The maximum Gasteiger partial charge on any atom is 0.326 e. The normalized spacial score (nSPS) is 15.6. The third-order valence-corrected chi connectivity index (χ3v) is 5.24. The molecule has 31 heavy (non-hydrogen) atoms. The number of aliphatic carboxylic acids is 1. The number of amides is 4. The first-order chi connectivity index (χ1) is 14.5. The minimum atomic E-state index is -1.49. The first kappa shape index (κ1) is 28.6. The molecular weight excluding hydrogens is 430 g/mol. The number of nitrogens with one attached hydrogen (secondary N) is 3. The maximum absolute atomic E-state index is 12.5. The highest BCUT2D eigenvalue weighted by Gasteiger charge is 2.32. The molecule has 0 spiro atoms. The highest BCUT2D eigenvalue weighted by molar-refractivity contribution is 7.98. The monoisotopic (exact) mass is 463 g/mol. The molecule has 0 saturated carbocycles. The fraction of sp³-hybridized carbons (Fsp3) is 0.722. The number of carbonyl (C=O) groups is 5. The van der Waals surface area contributed by atoms with Gasteiger partial charge in [-0.3, -0.25) is 19.2 Å². The average Bonchev–Trinajstić information content (AvgIpc) is 2.71. The van der Waals surface area contributed by atoms with Crippen molar-refractivity contribution in [2.75, 3.05) is 18.6 Å². The minimum Gasteiger partial charge on any atom is -0.480 e. The molecule has 0 saturated heterocycles. The van der Waals surface area contributed by atoms with Crippen molar-refractivity contribution in [1.82, 2.24) is 16.0 Å². The van der Waals surface area contributed by atoms with Gasteiger partial charge >= 0.3 is 5.97 Å². The molecule has 0 aliphatic rings. The number of carboxylic acids is 1. The predicted octanol–water partition coefficient (Wildman–Crippen LogP) is -2.48. The topological polar surface area (TPSA) is 214 Å². The number of carboxylic acid groups (broad SMARTS) is 1. The summed E-state index contributed by atoms with van der Waals surface area (Å²) in [7, 11) is 0. The zero-order valence-corrected chi connectivity index (χ0v) is 18.7. The molecule has 5 unspecified atom stereocenters. The van der Waals surface area contributed by atoms with E-state index < -0.39 is 72.7 Å². The molecule has 13 heteroatoms. The summed E-state index contributed by atoms with van der Waals surface area (Å²) in [5.41, 5.74) is 10.9. The second-order valence-electron chi connectivity index (χ2n) is 7.07. The molecule has 5 atom stereocenters. The molecule has 0 aliphatic carbocycles. The predicted molar refractivity (Wildman–Crippen MR) is 115 cm³/mol. The fourth-order valence-electron chi connectivity index (χ4n) is 2.47. The van der Waals surface area contributed by atoms with Gasteiger partial charge in [-0.15, -0.1) is 0 Å². The highest BCUT2D eigenvalue weighted by Crippen LogP contribution is 2.09. The zero-order valence-electron chi connectivity index (χ0n) is 17.9. The Kier molecular flexibility index (Phi) is 13.5. The number of nitrogens with two attached hydrogens (primary N) is 2. The first-order valence-corrected chi connectivity index (χ1v) is 11.1. The van der Waals surface area contributed by atoms with Gasteiger partial charge in [0.15, 0.2) is 0 Å². The standard InChI is InChI=1S/C18H33N5O7S/c1-4-9(2)14(18(29)30)23-16(27)11(7-13(20)25)21-17(28)12(8-24)22-15(26)10(19)5-6-31-3/h9-12,14,24H,4-8,19H2,1-3H3,(H2,20,25)(H,21,28)(H,22,26)(H,23,27)(H,29,30). The molecule has 0 aromatic carbocycles. The fourth-order valence-corrected chi connectivity index (χ4v) is 2.96. The van der Waals surface area contributed by atoms with E-state index in [1.807, 2.05) is 6.26 Å². The SMILES string of the molecule is CCC(C)C(NC(=O)C(CC(N)=O)NC(=O)C(CO)NC(=O)C(N)CCSC)C(=O)O. The number of aliphatic hydroxyl groups excluding tert-OH is 1. The van der Waals surface area contributed by atoms with Crippen LogP contribution in [0.15, 0.2) is 0 Å². The summed E-state index contributed by atoms with van der Waals surface area (Å²) in [6.07, 6.45) is 2.05. The molecule has 0 fully saturated rings. The molecule has 178 valence electrons. The summed E-state index contributed by atoms with van der Waals surface area (Å²) >= 11 is 1.49. The van der Waals surface area contributed by atoms with Crippen molar-refractivity contribution in [2.24, 2.45) is 17.4 Å². The van der Waals surface area contributed by atoms with E-state index in [0.29, 0.717) is 18.6 Å². The van der Waals surface area contributed by atoms with Gasteiger partial charge in [-0.25, -0.2) is 4.79 Å². The Hall–Kier alpha value is -2.38. The number of rotatable bonds is 15. The Morgan fingerprint density at radius 2 is 1.55 bits per heavy atom. The van der Waals surface area contributed by atoms with Gasteiger partial charge < -0.3 is 37.6 Å². The second kappa shape index (κ2) is 14.6. The van der Waals surface area contributed by atoms with Crippen LogP contribution in [0.25, 0.3) is 0 Å². The van der Waals surface area contributed by atoms with Crippen molar-refractivity contribution < 1.29 is 34.2 Å². The van der Waals surface area contributed by atoms with Gasteiger partial charge in [0.1, 0.15) is 18.1 Å². The van der Waals surface area contributed by atoms with E-state index >= 15 is 0 Å². The van der Waals surface area contributed by atoms with Crippen molar-refractivity contribution in [1.29, 1.82) is 0 Å². The Labute approximate surface area is 185 Å². The number of aliphatic hydroxyl groups is 1. The number of thioether (sulfide) groups is 1. The highest BCUT2D eigenvalue weighted by atomic mass is 32.2. The quantitative estimate of drug-likeness (QED) is 0.137. The van der Waals surface area contributed by atoms with Crippen LogP contribution < -0.4 is 27.4 Å². The average molecular weight is 464 g/mol. The lowest BCUT2D eigenvalue weighted by atomic mass is 9.98. The number of carbonyl (C=O) groups excluding carboxylic acids is 4. The molecule has 0 aliphatic heterocycles. The van der Waals surface area contributed by atoms with Crippen LogP contribution in [0.4, 0.5) is 0 Å². The number of primary amides is 1. The zero-order chi connectivity index (χ0) is 24.1. The van der Waals surface area contributed by atoms with E-state index in [-0.39, 0.29) is 0 Å². The third kappa shape index (κ3) is 10.5. The van der Waals surface area contributed by atoms with E-state index in [4.69, 9.17) is 11.5 Å². The Morgan fingerprint density at radius 3 is 2.00 bits per heavy atom. The summed E-state index contributed by atoms with van der Waals surface area (Å²) in [5.74, 6) is -4.54. The van der Waals surface area contributed by atoms with Crippen molar-refractivity contribution in [2.45, 2.75) is 57.3 Å². The van der Waals surface area contributed by atoms with Crippen molar-refractivity contribution in [3.05, 3.63) is 0 Å². The smallest absolute Gasteiger partial charge is 0.326 e. The first-order valence-electron chi connectivity index (χ1n) is 9.75. The van der Waals surface area contributed by atoms with E-state index in [1.165, 1.54) is 11.8 Å². The van der Waals surface area contributed by atoms with Crippen LogP contribution >= 0.6 is 11.8 Å². The lowest BCUT2D eigenvalue weighted by Crippen LogP contribution is -2.59. The second-order valence-corrected chi connectivity index (χ2v) is 8.06. The largest absolute Gasteiger partial charge is 0.480 e. The van der Waals surface area contributed by atoms with Crippen molar-refractivity contribution in [3.63, 3.8) is 0 Å². The Balaban J connectivity index is 5.28. The van der Waals surface area contributed by atoms with Gasteiger partial charge in [-0.2, -0.15) is 11.8 Å². The summed E-state index contributed by atoms with van der Waals surface area (Å²) in [6, 6.07) is -5.06. The van der Waals surface area contributed by atoms with Gasteiger partial charge in [0.25, 0.3) is 0 Å². The number of hydrogen-bond acceptors (Lipinski definition) is 8. The van der Waals surface area contributed by atoms with Crippen LogP contribution in [0.5, 0.6) is 0 Å². The summed E-state index contributed by atoms with van der Waals surface area (Å²) < 4.78 is 0. The molecule has 12 nitrogen and oxygen atoms in total. The molecular formula is C18H33N5O7S. The van der Waals surface area contributed by atoms with E-state index in [1.54, 1.807) is 13.8 Å². The van der Waals surface area contributed by atoms with Crippen LogP contribution in [0.3, 0.4) is 0 Å².